The van der Waals surface area contributed by atoms with Gasteiger partial charge in [-0.15, -0.1) is 11.8 Å². The van der Waals surface area contributed by atoms with E-state index < -0.39 is 0 Å². The summed E-state index contributed by atoms with van der Waals surface area (Å²) in [6, 6.07) is 0.125. The minimum atomic E-state index is 0.125. The van der Waals surface area contributed by atoms with E-state index in [1.165, 1.54) is 0 Å². The predicted molar refractivity (Wildman–Crippen MR) is 31.3 cm³/mol. The minimum absolute atomic E-state index is 0.125. The Bertz CT molecular complexity index is 138. The van der Waals surface area contributed by atoms with Crippen LogP contribution >= 0.6 is 11.8 Å². The molecule has 0 aromatic rings. The average Bonchev–Trinajstić information content (AvgIpc) is 2.09. The third-order valence-corrected chi connectivity index (χ3v) is 2.52. The molecule has 0 spiro atoms. The van der Waals surface area contributed by atoms with Crippen LogP contribution in [0.2, 0.25) is 0 Å². The van der Waals surface area contributed by atoms with Crippen LogP contribution in [0.25, 0.3) is 0 Å². The zero-order chi connectivity index (χ0) is 5.56. The predicted octanol–water partition coefficient (Wildman–Crippen LogP) is -0.895. The van der Waals surface area contributed by atoms with Crippen molar-refractivity contribution in [3.63, 3.8) is 0 Å². The lowest BCUT2D eigenvalue weighted by Gasteiger charge is -2.28. The van der Waals surface area contributed by atoms with Crippen molar-refractivity contribution in [2.24, 2.45) is 0 Å². The van der Waals surface area contributed by atoms with E-state index in [0.29, 0.717) is 5.37 Å². The Balaban J connectivity index is 2.11. The van der Waals surface area contributed by atoms with Crippen LogP contribution in [0.1, 0.15) is 0 Å². The molecule has 0 aliphatic carbocycles. The number of carbonyl (C=O) groups excluding carboxylic acids is 1. The summed E-state index contributed by atoms with van der Waals surface area (Å²) in [7, 11) is 0. The lowest BCUT2D eigenvalue weighted by Crippen LogP contribution is -2.62. The van der Waals surface area contributed by atoms with Gasteiger partial charge >= 0.3 is 0 Å². The molecule has 4 heteroatoms. The molecule has 0 aromatic heterocycles. The van der Waals surface area contributed by atoms with Gasteiger partial charge < -0.3 is 5.32 Å². The summed E-state index contributed by atoms with van der Waals surface area (Å²) in [5.41, 5.74) is 0. The standard InChI is InChI=1S/C4H6N2OS/c7-3-2-4(6-3)8-1-5-2/h2,4-5H,1H2,(H,6,7). The molecular formula is C4H6N2OS. The van der Waals surface area contributed by atoms with Crippen LogP contribution in [-0.4, -0.2) is 23.2 Å². The molecule has 2 unspecified atom stereocenters. The van der Waals surface area contributed by atoms with Crippen LogP contribution in [0.3, 0.4) is 0 Å². The van der Waals surface area contributed by atoms with Crippen LogP contribution < -0.4 is 10.6 Å². The number of hydrogen-bond acceptors (Lipinski definition) is 3. The number of fused-ring (bicyclic) bond motifs is 1. The smallest absolute Gasteiger partial charge is 0.241 e. The van der Waals surface area contributed by atoms with Crippen molar-refractivity contribution in [1.82, 2.24) is 10.6 Å². The van der Waals surface area contributed by atoms with Crippen LogP contribution in [0.5, 0.6) is 0 Å². The van der Waals surface area contributed by atoms with Gasteiger partial charge in [0.15, 0.2) is 0 Å². The maximum Gasteiger partial charge on any atom is 0.241 e. The molecule has 2 aliphatic rings. The average molecular weight is 130 g/mol. The van der Waals surface area contributed by atoms with Crippen molar-refractivity contribution >= 4 is 17.7 Å². The monoisotopic (exact) mass is 130 g/mol. The van der Waals surface area contributed by atoms with Crippen LogP contribution in [0.4, 0.5) is 0 Å². The van der Waals surface area contributed by atoms with Gasteiger partial charge in [0.2, 0.25) is 5.91 Å². The van der Waals surface area contributed by atoms with Crippen molar-refractivity contribution in [3.05, 3.63) is 0 Å². The first kappa shape index (κ1) is 4.64. The summed E-state index contributed by atoms with van der Waals surface area (Å²) in [5, 5.41) is 6.20. The van der Waals surface area contributed by atoms with Gasteiger partial charge in [0.1, 0.15) is 11.4 Å². The van der Waals surface area contributed by atoms with E-state index in [1.807, 2.05) is 0 Å². The van der Waals surface area contributed by atoms with Gasteiger partial charge in [-0.25, -0.2) is 0 Å². The molecule has 0 saturated carbocycles. The molecule has 2 saturated heterocycles. The Morgan fingerprint density at radius 1 is 1.75 bits per heavy atom. The number of thioether (sulfide) groups is 1. The van der Waals surface area contributed by atoms with E-state index >= 15 is 0 Å². The Labute approximate surface area is 51.2 Å². The van der Waals surface area contributed by atoms with Crippen molar-refractivity contribution in [3.8, 4) is 0 Å². The fourth-order valence-electron chi connectivity index (χ4n) is 0.920. The molecule has 2 atom stereocenters. The lowest BCUT2D eigenvalue weighted by atomic mass is 10.2. The molecule has 44 valence electrons. The van der Waals surface area contributed by atoms with E-state index in [4.69, 9.17) is 0 Å². The fourth-order valence-corrected chi connectivity index (χ4v) is 1.99. The van der Waals surface area contributed by atoms with Crippen molar-refractivity contribution in [2.45, 2.75) is 11.4 Å². The molecule has 0 radical (unpaired) electrons. The largest absolute Gasteiger partial charge is 0.341 e. The summed E-state index contributed by atoms with van der Waals surface area (Å²) < 4.78 is 0. The summed E-state index contributed by atoms with van der Waals surface area (Å²) in [4.78, 5) is 10.5. The normalized spacial score (nSPS) is 42.8. The van der Waals surface area contributed by atoms with Gasteiger partial charge in [-0.3, -0.25) is 10.1 Å². The fraction of sp³-hybridized carbons (Fsp3) is 0.750. The highest BCUT2D eigenvalue weighted by Crippen LogP contribution is 2.24. The second-order valence-electron chi connectivity index (χ2n) is 1.92. The van der Waals surface area contributed by atoms with Crippen LogP contribution in [-0.2, 0) is 4.79 Å². The molecule has 2 N–H and O–H groups in total. The van der Waals surface area contributed by atoms with Crippen molar-refractivity contribution in [1.29, 1.82) is 0 Å². The second kappa shape index (κ2) is 1.39. The zero-order valence-electron chi connectivity index (χ0n) is 4.18. The van der Waals surface area contributed by atoms with E-state index in [1.54, 1.807) is 11.8 Å². The Morgan fingerprint density at radius 2 is 2.62 bits per heavy atom. The van der Waals surface area contributed by atoms with Gasteiger partial charge in [0, 0.05) is 5.88 Å². The SMILES string of the molecule is O=C1NC2SCNC12. The molecule has 8 heavy (non-hydrogen) atoms. The molecule has 0 aromatic carbocycles. The first-order valence-electron chi connectivity index (χ1n) is 2.53. The number of hydrogen-bond donors (Lipinski definition) is 2. The summed E-state index contributed by atoms with van der Waals surface area (Å²) in [5.74, 6) is 1.06. The molecule has 2 heterocycles. The molecular weight excluding hydrogens is 124 g/mol. The van der Waals surface area contributed by atoms with E-state index in [-0.39, 0.29) is 11.9 Å². The molecule has 0 bridgehead atoms. The summed E-state index contributed by atoms with van der Waals surface area (Å²) in [6.07, 6.45) is 0. The topological polar surface area (TPSA) is 41.1 Å². The Morgan fingerprint density at radius 3 is 3.12 bits per heavy atom. The number of carbonyl (C=O) groups is 1. The third-order valence-electron chi connectivity index (χ3n) is 1.44. The number of β-lactam (4-membered cyclic amide) rings is 1. The van der Waals surface area contributed by atoms with Gasteiger partial charge in [-0.05, 0) is 0 Å². The number of amides is 1. The van der Waals surface area contributed by atoms with E-state index in [0.717, 1.165) is 5.88 Å². The maximum atomic E-state index is 10.5. The lowest BCUT2D eigenvalue weighted by molar-refractivity contribution is -0.128. The minimum Gasteiger partial charge on any atom is -0.341 e. The molecule has 1 amide bonds. The number of nitrogens with one attached hydrogen (secondary N) is 2. The molecule has 2 aliphatic heterocycles. The Kier molecular flexibility index (Phi) is 0.804. The summed E-state index contributed by atoms with van der Waals surface area (Å²) in [6.45, 7) is 0. The molecule has 3 nitrogen and oxygen atoms in total. The van der Waals surface area contributed by atoms with E-state index in [9.17, 15) is 4.79 Å². The highest BCUT2D eigenvalue weighted by atomic mass is 32.2. The maximum absolute atomic E-state index is 10.5. The first-order chi connectivity index (χ1) is 3.88. The van der Waals surface area contributed by atoms with Crippen LogP contribution in [0.15, 0.2) is 0 Å². The highest BCUT2D eigenvalue weighted by molar-refractivity contribution is 8.00. The van der Waals surface area contributed by atoms with Gasteiger partial charge in [0.05, 0.1) is 0 Å². The van der Waals surface area contributed by atoms with Gasteiger partial charge in [-0.2, -0.15) is 0 Å². The molecule has 2 fully saturated rings. The third kappa shape index (κ3) is 0.418. The van der Waals surface area contributed by atoms with Gasteiger partial charge in [0.25, 0.3) is 0 Å². The number of rotatable bonds is 0. The summed E-state index contributed by atoms with van der Waals surface area (Å²) >= 11 is 1.75. The second-order valence-corrected chi connectivity index (χ2v) is 3.05. The van der Waals surface area contributed by atoms with Crippen molar-refractivity contribution < 1.29 is 4.79 Å². The zero-order valence-corrected chi connectivity index (χ0v) is 4.99. The van der Waals surface area contributed by atoms with Crippen molar-refractivity contribution in [2.75, 3.05) is 5.88 Å². The van der Waals surface area contributed by atoms with E-state index in [2.05, 4.69) is 10.6 Å². The van der Waals surface area contributed by atoms with Crippen LogP contribution in [0, 0.1) is 0 Å². The van der Waals surface area contributed by atoms with Gasteiger partial charge in [-0.1, -0.05) is 0 Å². The highest BCUT2D eigenvalue weighted by Gasteiger charge is 2.42. The first-order valence-corrected chi connectivity index (χ1v) is 3.58. The Hall–Kier alpha value is -0.220. The quantitative estimate of drug-likeness (QED) is 0.418. The molecule has 2 rings (SSSR count).